The first kappa shape index (κ1) is 20.5. The molecule has 0 unspecified atom stereocenters. The SMILES string of the molecule is COc1ccc(-c2[nH]nc3c2C(=O)c2c(NC(=O)Cc4ccccc4OC)cccc2-3)cc1. The van der Waals surface area contributed by atoms with Gasteiger partial charge in [0.2, 0.25) is 5.91 Å². The highest BCUT2D eigenvalue weighted by Crippen LogP contribution is 2.43. The van der Waals surface area contributed by atoms with Crippen molar-refractivity contribution in [1.82, 2.24) is 10.2 Å². The number of hydrogen-bond acceptors (Lipinski definition) is 5. The Balaban J connectivity index is 1.45. The predicted octanol–water partition coefficient (Wildman–Crippen LogP) is 4.49. The lowest BCUT2D eigenvalue weighted by Crippen LogP contribution is -2.17. The third-order valence-electron chi connectivity index (χ3n) is 5.74. The van der Waals surface area contributed by atoms with Crippen molar-refractivity contribution in [3.8, 4) is 34.0 Å². The number of rotatable bonds is 6. The van der Waals surface area contributed by atoms with Crippen molar-refractivity contribution in [2.75, 3.05) is 19.5 Å². The van der Waals surface area contributed by atoms with E-state index in [1.54, 1.807) is 20.3 Å². The molecule has 1 amide bonds. The topological polar surface area (TPSA) is 93.3 Å². The molecule has 1 aliphatic rings. The summed E-state index contributed by atoms with van der Waals surface area (Å²) in [6, 6.07) is 20.2. The standard InChI is InChI=1S/C26H21N3O4/c1-32-17-12-10-15(11-13-17)24-23-25(29-28-24)18-7-5-8-19(22(18)26(23)31)27-21(30)14-16-6-3-4-9-20(16)33-2/h3-13H,14H2,1-2H3,(H,27,30)(H,28,29). The van der Waals surface area contributed by atoms with E-state index in [1.165, 1.54) is 0 Å². The monoisotopic (exact) mass is 439 g/mol. The van der Waals surface area contributed by atoms with Crippen molar-refractivity contribution in [3.63, 3.8) is 0 Å². The number of anilines is 1. The number of H-pyrrole nitrogens is 1. The van der Waals surface area contributed by atoms with Gasteiger partial charge in [-0.25, -0.2) is 0 Å². The predicted molar refractivity (Wildman–Crippen MR) is 125 cm³/mol. The molecule has 0 bridgehead atoms. The lowest BCUT2D eigenvalue weighted by atomic mass is 10.0. The van der Waals surface area contributed by atoms with Crippen LogP contribution in [0.15, 0.2) is 66.7 Å². The van der Waals surface area contributed by atoms with E-state index in [4.69, 9.17) is 9.47 Å². The highest BCUT2D eigenvalue weighted by Gasteiger charge is 2.35. The van der Waals surface area contributed by atoms with E-state index >= 15 is 0 Å². The zero-order valence-corrected chi connectivity index (χ0v) is 18.1. The van der Waals surface area contributed by atoms with Crippen molar-refractivity contribution in [2.24, 2.45) is 0 Å². The number of aromatic amines is 1. The zero-order valence-electron chi connectivity index (χ0n) is 18.1. The second-order valence-corrected chi connectivity index (χ2v) is 7.64. The van der Waals surface area contributed by atoms with Crippen LogP contribution < -0.4 is 14.8 Å². The van der Waals surface area contributed by atoms with Gasteiger partial charge < -0.3 is 14.8 Å². The molecule has 164 valence electrons. The fourth-order valence-electron chi connectivity index (χ4n) is 4.16. The number of methoxy groups -OCH3 is 2. The average Bonchev–Trinajstić information content (AvgIpc) is 3.40. The zero-order chi connectivity index (χ0) is 22.9. The van der Waals surface area contributed by atoms with E-state index < -0.39 is 0 Å². The van der Waals surface area contributed by atoms with Crippen LogP contribution in [0.3, 0.4) is 0 Å². The number of nitrogens with one attached hydrogen (secondary N) is 2. The third kappa shape index (κ3) is 3.53. The molecule has 1 heterocycles. The maximum Gasteiger partial charge on any atom is 0.228 e. The summed E-state index contributed by atoms with van der Waals surface area (Å²) in [6.07, 6.45) is 0.129. The van der Waals surface area contributed by atoms with Gasteiger partial charge in [0.15, 0.2) is 5.78 Å². The molecule has 0 radical (unpaired) electrons. The van der Waals surface area contributed by atoms with Crippen LogP contribution in [0.2, 0.25) is 0 Å². The van der Waals surface area contributed by atoms with Gasteiger partial charge in [0.25, 0.3) is 0 Å². The third-order valence-corrected chi connectivity index (χ3v) is 5.74. The van der Waals surface area contributed by atoms with Gasteiger partial charge in [0, 0.05) is 16.7 Å². The summed E-state index contributed by atoms with van der Waals surface area (Å²) < 4.78 is 10.6. The maximum atomic E-state index is 13.5. The molecule has 7 nitrogen and oxygen atoms in total. The number of amides is 1. The van der Waals surface area contributed by atoms with Gasteiger partial charge in [-0.15, -0.1) is 0 Å². The fourth-order valence-corrected chi connectivity index (χ4v) is 4.16. The molecular weight excluding hydrogens is 418 g/mol. The second-order valence-electron chi connectivity index (χ2n) is 7.64. The highest BCUT2D eigenvalue weighted by molar-refractivity contribution is 6.27. The van der Waals surface area contributed by atoms with Crippen molar-refractivity contribution in [2.45, 2.75) is 6.42 Å². The largest absolute Gasteiger partial charge is 0.497 e. The molecule has 3 aromatic carbocycles. The van der Waals surface area contributed by atoms with Crippen LogP contribution in [0.5, 0.6) is 11.5 Å². The number of carbonyl (C=O) groups is 2. The lowest BCUT2D eigenvalue weighted by molar-refractivity contribution is -0.115. The highest BCUT2D eigenvalue weighted by atomic mass is 16.5. The van der Waals surface area contributed by atoms with Crippen molar-refractivity contribution in [3.05, 3.63) is 83.4 Å². The second kappa shape index (κ2) is 8.27. The van der Waals surface area contributed by atoms with Crippen LogP contribution in [-0.4, -0.2) is 36.1 Å². The van der Waals surface area contributed by atoms with Gasteiger partial charge in [-0.05, 0) is 36.4 Å². The van der Waals surface area contributed by atoms with Gasteiger partial charge in [-0.3, -0.25) is 14.7 Å². The Morgan fingerprint density at radius 2 is 1.73 bits per heavy atom. The van der Waals surface area contributed by atoms with Crippen LogP contribution in [0.1, 0.15) is 21.5 Å². The maximum absolute atomic E-state index is 13.5. The molecule has 2 N–H and O–H groups in total. The Bertz CT molecular complexity index is 1370. The normalized spacial score (nSPS) is 11.6. The first-order chi connectivity index (χ1) is 16.1. The van der Waals surface area contributed by atoms with E-state index in [0.29, 0.717) is 39.5 Å². The molecule has 33 heavy (non-hydrogen) atoms. The minimum absolute atomic E-state index is 0.129. The molecule has 5 rings (SSSR count). The molecular formula is C26H21N3O4. The molecule has 0 atom stereocenters. The van der Waals surface area contributed by atoms with Crippen molar-refractivity contribution in [1.29, 1.82) is 0 Å². The van der Waals surface area contributed by atoms with Crippen LogP contribution >= 0.6 is 0 Å². The number of ketones is 1. The molecule has 1 aliphatic carbocycles. The number of ether oxygens (including phenoxy) is 2. The van der Waals surface area contributed by atoms with Crippen molar-refractivity contribution < 1.29 is 19.1 Å². The molecule has 1 aromatic heterocycles. The summed E-state index contributed by atoms with van der Waals surface area (Å²) in [4.78, 5) is 26.3. The number of para-hydroxylation sites is 1. The molecule has 0 saturated heterocycles. The van der Waals surface area contributed by atoms with E-state index in [1.807, 2.05) is 60.7 Å². The van der Waals surface area contributed by atoms with E-state index in [0.717, 1.165) is 16.9 Å². The first-order valence-corrected chi connectivity index (χ1v) is 10.4. The van der Waals surface area contributed by atoms with Gasteiger partial charge >= 0.3 is 0 Å². The quantitative estimate of drug-likeness (QED) is 0.407. The smallest absolute Gasteiger partial charge is 0.228 e. The van der Waals surface area contributed by atoms with E-state index in [-0.39, 0.29) is 18.1 Å². The minimum Gasteiger partial charge on any atom is -0.497 e. The van der Waals surface area contributed by atoms with Crippen LogP contribution in [-0.2, 0) is 11.2 Å². The summed E-state index contributed by atoms with van der Waals surface area (Å²) in [7, 11) is 3.17. The van der Waals surface area contributed by atoms with Gasteiger partial charge in [-0.2, -0.15) is 5.10 Å². The Morgan fingerprint density at radius 3 is 2.48 bits per heavy atom. The average molecular weight is 439 g/mol. The number of carbonyl (C=O) groups excluding carboxylic acids is 2. The van der Waals surface area contributed by atoms with Crippen LogP contribution in [0.4, 0.5) is 5.69 Å². The molecule has 0 saturated carbocycles. The van der Waals surface area contributed by atoms with Gasteiger partial charge in [0.05, 0.1) is 43.1 Å². The molecule has 7 heteroatoms. The van der Waals surface area contributed by atoms with Crippen LogP contribution in [0.25, 0.3) is 22.5 Å². The first-order valence-electron chi connectivity index (χ1n) is 10.4. The number of benzene rings is 3. The summed E-state index contributed by atoms with van der Waals surface area (Å²) in [5, 5.41) is 10.3. The molecule has 4 aromatic rings. The molecule has 0 aliphatic heterocycles. The van der Waals surface area contributed by atoms with Crippen LogP contribution in [0, 0.1) is 0 Å². The summed E-state index contributed by atoms with van der Waals surface area (Å²) >= 11 is 0. The minimum atomic E-state index is -0.234. The Labute approximate surface area is 190 Å². The lowest BCUT2D eigenvalue weighted by Gasteiger charge is -2.11. The Kier molecular flexibility index (Phi) is 5.14. The Hall–Kier alpha value is -4.39. The van der Waals surface area contributed by atoms with Gasteiger partial charge in [-0.1, -0.05) is 30.3 Å². The number of aromatic nitrogens is 2. The summed E-state index contributed by atoms with van der Waals surface area (Å²) in [6.45, 7) is 0. The van der Waals surface area contributed by atoms with Crippen molar-refractivity contribution >= 4 is 17.4 Å². The van der Waals surface area contributed by atoms with E-state index in [9.17, 15) is 9.59 Å². The van der Waals surface area contributed by atoms with Gasteiger partial charge in [0.1, 0.15) is 17.2 Å². The number of fused-ring (bicyclic) bond motifs is 3. The van der Waals surface area contributed by atoms with E-state index in [2.05, 4.69) is 15.5 Å². The molecule has 0 fully saturated rings. The summed E-state index contributed by atoms with van der Waals surface area (Å²) in [5.74, 6) is 0.964. The fraction of sp³-hybridized carbons (Fsp3) is 0.115. The number of nitrogens with zero attached hydrogens (tertiary/aromatic N) is 1. The Morgan fingerprint density at radius 1 is 0.939 bits per heavy atom. The number of hydrogen-bond donors (Lipinski definition) is 2. The molecule has 0 spiro atoms. The summed E-state index contributed by atoms with van der Waals surface area (Å²) in [5.41, 5.74) is 4.94.